The molecule has 0 aliphatic rings. The van der Waals surface area contributed by atoms with Crippen molar-refractivity contribution >= 4 is 17.4 Å². The Labute approximate surface area is 149 Å². The fourth-order valence-corrected chi connectivity index (χ4v) is 2.58. The van der Waals surface area contributed by atoms with Crippen LogP contribution in [-0.4, -0.2) is 41.0 Å². The van der Waals surface area contributed by atoms with Crippen molar-refractivity contribution in [3.63, 3.8) is 0 Å². The molecule has 0 bridgehead atoms. The van der Waals surface area contributed by atoms with Gasteiger partial charge in [-0.05, 0) is 37.5 Å². The maximum absolute atomic E-state index is 12.5. The summed E-state index contributed by atoms with van der Waals surface area (Å²) in [6.07, 6.45) is 4.94. The molecule has 0 unspecified atom stereocenters. The van der Waals surface area contributed by atoms with Gasteiger partial charge in [0.1, 0.15) is 17.3 Å². The summed E-state index contributed by atoms with van der Waals surface area (Å²) in [7, 11) is 1.62. The van der Waals surface area contributed by atoms with Crippen LogP contribution in [0.3, 0.4) is 0 Å². The Kier molecular flexibility index (Phi) is 6.74. The molecule has 0 aliphatic heterocycles. The summed E-state index contributed by atoms with van der Waals surface area (Å²) in [6, 6.07) is 5.85. The molecule has 25 heavy (non-hydrogen) atoms. The molecule has 0 fully saturated rings. The average Bonchev–Trinajstić information content (AvgIpc) is 2.62. The van der Waals surface area contributed by atoms with Gasteiger partial charge in [-0.15, -0.1) is 0 Å². The van der Waals surface area contributed by atoms with Gasteiger partial charge in [0.05, 0.1) is 25.2 Å². The second kappa shape index (κ2) is 9.01. The second-order valence-corrected chi connectivity index (χ2v) is 5.91. The Morgan fingerprint density at radius 3 is 2.44 bits per heavy atom. The molecule has 6 nitrogen and oxygen atoms in total. The van der Waals surface area contributed by atoms with E-state index < -0.39 is 0 Å². The molecule has 1 aromatic carbocycles. The van der Waals surface area contributed by atoms with Crippen LogP contribution in [-0.2, 0) is 0 Å². The van der Waals surface area contributed by atoms with Crippen molar-refractivity contribution in [3.8, 4) is 5.75 Å². The highest BCUT2D eigenvalue weighted by atomic mass is 16.5. The Bertz CT molecular complexity index is 695. The van der Waals surface area contributed by atoms with E-state index in [1.807, 2.05) is 30.0 Å². The molecule has 2 rings (SSSR count). The van der Waals surface area contributed by atoms with E-state index in [1.165, 1.54) is 6.20 Å². The van der Waals surface area contributed by atoms with Gasteiger partial charge < -0.3 is 15.0 Å². The lowest BCUT2D eigenvalue weighted by Crippen LogP contribution is -2.33. The maximum Gasteiger partial charge on any atom is 0.274 e. The molecule has 0 spiro atoms. The minimum atomic E-state index is -0.0733. The van der Waals surface area contributed by atoms with E-state index in [1.54, 1.807) is 13.3 Å². The molecule has 2 aromatic rings. The summed E-state index contributed by atoms with van der Waals surface area (Å²) in [5.41, 5.74) is 2.29. The first-order chi connectivity index (χ1) is 12.1. The van der Waals surface area contributed by atoms with Crippen LogP contribution in [0.1, 0.15) is 42.7 Å². The zero-order valence-corrected chi connectivity index (χ0v) is 15.4. The van der Waals surface area contributed by atoms with Crippen molar-refractivity contribution in [3.05, 3.63) is 41.9 Å². The van der Waals surface area contributed by atoms with Crippen LogP contribution in [0.5, 0.6) is 5.75 Å². The van der Waals surface area contributed by atoms with Crippen LogP contribution in [0.15, 0.2) is 30.6 Å². The number of carbonyl (C=O) groups is 1. The SMILES string of the molecule is CCCN(CCC)C(=O)c1cnc(Nc2cc(C)ccc2OC)cn1. The Morgan fingerprint density at radius 2 is 1.88 bits per heavy atom. The van der Waals surface area contributed by atoms with Gasteiger partial charge in [-0.3, -0.25) is 4.79 Å². The number of aryl methyl sites for hydroxylation is 1. The quantitative estimate of drug-likeness (QED) is 0.790. The number of hydrogen-bond acceptors (Lipinski definition) is 5. The van der Waals surface area contributed by atoms with Crippen molar-refractivity contribution < 1.29 is 9.53 Å². The summed E-state index contributed by atoms with van der Waals surface area (Å²) in [4.78, 5) is 22.9. The summed E-state index contributed by atoms with van der Waals surface area (Å²) >= 11 is 0. The van der Waals surface area contributed by atoms with Crippen LogP contribution in [0.4, 0.5) is 11.5 Å². The average molecular weight is 342 g/mol. The number of nitrogens with zero attached hydrogens (tertiary/aromatic N) is 3. The number of anilines is 2. The summed E-state index contributed by atoms with van der Waals surface area (Å²) in [6.45, 7) is 7.59. The van der Waals surface area contributed by atoms with E-state index in [-0.39, 0.29) is 5.91 Å². The van der Waals surface area contributed by atoms with Gasteiger partial charge in [0.25, 0.3) is 5.91 Å². The van der Waals surface area contributed by atoms with E-state index >= 15 is 0 Å². The van der Waals surface area contributed by atoms with Gasteiger partial charge in [-0.2, -0.15) is 0 Å². The van der Waals surface area contributed by atoms with Gasteiger partial charge in [0, 0.05) is 13.1 Å². The first-order valence-electron chi connectivity index (χ1n) is 8.62. The Balaban J connectivity index is 2.14. The molecule has 0 saturated heterocycles. The topological polar surface area (TPSA) is 67.4 Å². The van der Waals surface area contributed by atoms with Crippen LogP contribution >= 0.6 is 0 Å². The molecule has 0 atom stereocenters. The minimum absolute atomic E-state index is 0.0733. The Hall–Kier alpha value is -2.63. The summed E-state index contributed by atoms with van der Waals surface area (Å²) < 4.78 is 5.35. The summed E-state index contributed by atoms with van der Waals surface area (Å²) in [5, 5.41) is 3.19. The zero-order valence-electron chi connectivity index (χ0n) is 15.4. The number of aromatic nitrogens is 2. The van der Waals surface area contributed by atoms with Crippen LogP contribution in [0.25, 0.3) is 0 Å². The number of amides is 1. The highest BCUT2D eigenvalue weighted by Crippen LogP contribution is 2.27. The van der Waals surface area contributed by atoms with Gasteiger partial charge in [-0.1, -0.05) is 19.9 Å². The standard InChI is InChI=1S/C19H26N4O2/c1-5-9-23(10-6-2)19(24)16-12-21-18(13-20-16)22-15-11-14(3)7-8-17(15)25-4/h7-8,11-13H,5-6,9-10H2,1-4H3,(H,21,22). The largest absolute Gasteiger partial charge is 0.495 e. The number of ether oxygens (including phenoxy) is 1. The van der Waals surface area contributed by atoms with Crippen LogP contribution < -0.4 is 10.1 Å². The van der Waals surface area contributed by atoms with Crippen molar-refractivity contribution in [1.29, 1.82) is 0 Å². The fraction of sp³-hybridized carbons (Fsp3) is 0.421. The van der Waals surface area contributed by atoms with Crippen molar-refractivity contribution in [1.82, 2.24) is 14.9 Å². The van der Waals surface area contributed by atoms with Gasteiger partial charge in [0.2, 0.25) is 0 Å². The molecule has 134 valence electrons. The fourth-order valence-electron chi connectivity index (χ4n) is 2.58. The van der Waals surface area contributed by atoms with Gasteiger partial charge in [-0.25, -0.2) is 9.97 Å². The lowest BCUT2D eigenvalue weighted by molar-refractivity contribution is 0.0749. The maximum atomic E-state index is 12.5. The highest BCUT2D eigenvalue weighted by molar-refractivity contribution is 5.92. The third-order valence-corrected chi connectivity index (χ3v) is 3.76. The number of rotatable bonds is 8. The predicted octanol–water partition coefficient (Wildman–Crippen LogP) is 3.80. The van der Waals surface area contributed by atoms with Crippen molar-refractivity contribution in [2.45, 2.75) is 33.6 Å². The number of nitrogens with one attached hydrogen (secondary N) is 1. The van der Waals surface area contributed by atoms with E-state index in [0.717, 1.165) is 42.9 Å². The number of methoxy groups -OCH3 is 1. The minimum Gasteiger partial charge on any atom is -0.495 e. The normalized spacial score (nSPS) is 10.4. The molecule has 0 aliphatic carbocycles. The predicted molar refractivity (Wildman–Crippen MR) is 99.5 cm³/mol. The highest BCUT2D eigenvalue weighted by Gasteiger charge is 2.16. The number of carbonyl (C=O) groups excluding carboxylic acids is 1. The third-order valence-electron chi connectivity index (χ3n) is 3.76. The van der Waals surface area contributed by atoms with Crippen LogP contribution in [0, 0.1) is 6.92 Å². The van der Waals surface area contributed by atoms with E-state index in [4.69, 9.17) is 4.74 Å². The van der Waals surface area contributed by atoms with Gasteiger partial charge >= 0.3 is 0 Å². The molecule has 1 amide bonds. The number of hydrogen-bond donors (Lipinski definition) is 1. The smallest absolute Gasteiger partial charge is 0.274 e. The van der Waals surface area contributed by atoms with Crippen molar-refractivity contribution in [2.75, 3.05) is 25.5 Å². The lowest BCUT2D eigenvalue weighted by Gasteiger charge is -2.20. The Morgan fingerprint density at radius 1 is 1.16 bits per heavy atom. The monoisotopic (exact) mass is 342 g/mol. The molecular weight excluding hydrogens is 316 g/mol. The molecule has 6 heteroatoms. The molecule has 1 aromatic heterocycles. The first kappa shape index (κ1) is 18.7. The second-order valence-electron chi connectivity index (χ2n) is 5.91. The van der Waals surface area contributed by atoms with E-state index in [0.29, 0.717) is 11.5 Å². The van der Waals surface area contributed by atoms with Crippen LogP contribution in [0.2, 0.25) is 0 Å². The molecule has 1 heterocycles. The number of benzene rings is 1. The molecular formula is C19H26N4O2. The van der Waals surface area contributed by atoms with Crippen molar-refractivity contribution in [2.24, 2.45) is 0 Å². The van der Waals surface area contributed by atoms with E-state index in [2.05, 4.69) is 29.1 Å². The van der Waals surface area contributed by atoms with Gasteiger partial charge in [0.15, 0.2) is 0 Å². The molecule has 0 radical (unpaired) electrons. The zero-order chi connectivity index (χ0) is 18.2. The third kappa shape index (κ3) is 4.92. The first-order valence-corrected chi connectivity index (χ1v) is 8.62. The summed E-state index contributed by atoms with van der Waals surface area (Å²) in [5.74, 6) is 1.22. The van der Waals surface area contributed by atoms with E-state index in [9.17, 15) is 4.79 Å². The molecule has 0 saturated carbocycles. The lowest BCUT2D eigenvalue weighted by atomic mass is 10.2. The molecule has 1 N–H and O–H groups in total.